The predicted molar refractivity (Wildman–Crippen MR) is 67.2 cm³/mol. The summed E-state index contributed by atoms with van der Waals surface area (Å²) in [6.07, 6.45) is 2.25. The molecule has 16 heavy (non-hydrogen) atoms. The average Bonchev–Trinajstić information content (AvgIpc) is 2.30. The van der Waals surface area contributed by atoms with Gasteiger partial charge in [0.25, 0.3) is 0 Å². The molecular formula is C13H20O2S. The average molecular weight is 240 g/mol. The lowest BCUT2D eigenvalue weighted by atomic mass is 10.0. The Kier molecular flexibility index (Phi) is 4.14. The van der Waals surface area contributed by atoms with E-state index in [0.717, 1.165) is 6.42 Å². The largest absolute Gasteiger partial charge is 0.223 e. The van der Waals surface area contributed by atoms with Gasteiger partial charge >= 0.3 is 0 Å². The van der Waals surface area contributed by atoms with Gasteiger partial charge in [-0.05, 0) is 31.9 Å². The molecule has 0 radical (unpaired) electrons. The SMILES string of the molecule is CCCC(C)(CC)S(=O)(=O)c1ccccc1. The summed E-state index contributed by atoms with van der Waals surface area (Å²) in [7, 11) is -3.21. The van der Waals surface area contributed by atoms with Crippen LogP contribution < -0.4 is 0 Å². The second-order valence-electron chi connectivity index (χ2n) is 4.37. The summed E-state index contributed by atoms with van der Waals surface area (Å²) in [6.45, 7) is 5.81. The maximum atomic E-state index is 12.5. The van der Waals surface area contributed by atoms with Crippen LogP contribution in [0.4, 0.5) is 0 Å². The Hall–Kier alpha value is -0.830. The highest BCUT2D eigenvalue weighted by atomic mass is 32.2. The molecular weight excluding hydrogens is 220 g/mol. The van der Waals surface area contributed by atoms with Crippen LogP contribution >= 0.6 is 0 Å². The number of hydrogen-bond donors (Lipinski definition) is 0. The maximum absolute atomic E-state index is 12.5. The van der Waals surface area contributed by atoms with Crippen LogP contribution in [-0.2, 0) is 9.84 Å². The minimum absolute atomic E-state index is 0.438. The van der Waals surface area contributed by atoms with Crippen molar-refractivity contribution < 1.29 is 8.42 Å². The van der Waals surface area contributed by atoms with E-state index >= 15 is 0 Å². The van der Waals surface area contributed by atoms with Crippen molar-refractivity contribution in [3.63, 3.8) is 0 Å². The molecule has 1 rings (SSSR count). The summed E-state index contributed by atoms with van der Waals surface area (Å²) < 4.78 is 24.3. The van der Waals surface area contributed by atoms with E-state index in [1.54, 1.807) is 24.3 Å². The fraction of sp³-hybridized carbons (Fsp3) is 0.538. The first-order chi connectivity index (χ1) is 7.48. The predicted octanol–water partition coefficient (Wildman–Crippen LogP) is 3.43. The Balaban J connectivity index is 3.20. The zero-order valence-corrected chi connectivity index (χ0v) is 11.0. The molecule has 1 aromatic carbocycles. The molecule has 0 spiro atoms. The smallest absolute Gasteiger partial charge is 0.183 e. The Morgan fingerprint density at radius 3 is 2.12 bits per heavy atom. The van der Waals surface area contributed by atoms with E-state index in [0.29, 0.717) is 17.7 Å². The fourth-order valence-corrected chi connectivity index (χ4v) is 3.85. The van der Waals surface area contributed by atoms with Gasteiger partial charge in [0.15, 0.2) is 9.84 Å². The number of sulfone groups is 1. The summed E-state index contributed by atoms with van der Waals surface area (Å²) in [6, 6.07) is 8.74. The van der Waals surface area contributed by atoms with Crippen molar-refractivity contribution in [1.29, 1.82) is 0 Å². The topological polar surface area (TPSA) is 34.1 Å². The van der Waals surface area contributed by atoms with Crippen LogP contribution in [0, 0.1) is 0 Å². The molecule has 90 valence electrons. The molecule has 0 fully saturated rings. The van der Waals surface area contributed by atoms with Gasteiger partial charge in [0.2, 0.25) is 0 Å². The third-order valence-corrected chi connectivity index (χ3v) is 5.91. The Bertz CT molecular complexity index is 423. The van der Waals surface area contributed by atoms with Crippen molar-refractivity contribution in [3.8, 4) is 0 Å². The van der Waals surface area contributed by atoms with Crippen molar-refractivity contribution in [2.75, 3.05) is 0 Å². The van der Waals surface area contributed by atoms with Gasteiger partial charge in [-0.1, -0.05) is 38.5 Å². The van der Waals surface area contributed by atoms with Crippen molar-refractivity contribution in [3.05, 3.63) is 30.3 Å². The number of hydrogen-bond acceptors (Lipinski definition) is 2. The molecule has 0 saturated carbocycles. The quantitative estimate of drug-likeness (QED) is 0.790. The molecule has 0 saturated heterocycles. The zero-order chi connectivity index (χ0) is 12.2. The fourth-order valence-electron chi connectivity index (χ4n) is 1.91. The second-order valence-corrected chi connectivity index (χ2v) is 6.83. The van der Waals surface area contributed by atoms with Crippen molar-refractivity contribution in [2.45, 2.75) is 49.7 Å². The lowest BCUT2D eigenvalue weighted by molar-refractivity contribution is 0.488. The Labute approximate surface area is 98.6 Å². The van der Waals surface area contributed by atoms with Gasteiger partial charge in [-0.3, -0.25) is 0 Å². The highest BCUT2D eigenvalue weighted by molar-refractivity contribution is 7.92. The minimum atomic E-state index is -3.21. The van der Waals surface area contributed by atoms with E-state index in [4.69, 9.17) is 0 Å². The van der Waals surface area contributed by atoms with Crippen LogP contribution in [-0.4, -0.2) is 13.2 Å². The van der Waals surface area contributed by atoms with Crippen molar-refractivity contribution >= 4 is 9.84 Å². The van der Waals surface area contributed by atoms with E-state index in [-0.39, 0.29) is 0 Å². The standard InChI is InChI=1S/C13H20O2S/c1-4-11-13(3,5-2)16(14,15)12-9-7-6-8-10-12/h6-10H,4-5,11H2,1-3H3. The van der Waals surface area contributed by atoms with Crippen LogP contribution in [0.5, 0.6) is 0 Å². The molecule has 1 unspecified atom stereocenters. The van der Waals surface area contributed by atoms with Gasteiger partial charge in [0, 0.05) is 0 Å². The molecule has 0 amide bonds. The van der Waals surface area contributed by atoms with Crippen molar-refractivity contribution in [1.82, 2.24) is 0 Å². The summed E-state index contributed by atoms with van der Waals surface area (Å²) in [5.41, 5.74) is 0. The molecule has 0 heterocycles. The van der Waals surface area contributed by atoms with Crippen LogP contribution in [0.3, 0.4) is 0 Å². The molecule has 0 N–H and O–H groups in total. The van der Waals surface area contributed by atoms with Gasteiger partial charge < -0.3 is 0 Å². The van der Waals surface area contributed by atoms with Crippen LogP contribution in [0.25, 0.3) is 0 Å². The van der Waals surface area contributed by atoms with E-state index in [9.17, 15) is 8.42 Å². The zero-order valence-electron chi connectivity index (χ0n) is 10.2. The van der Waals surface area contributed by atoms with Gasteiger partial charge in [0.1, 0.15) is 0 Å². The first kappa shape index (κ1) is 13.2. The summed E-state index contributed by atoms with van der Waals surface area (Å²) >= 11 is 0. The number of rotatable bonds is 5. The lowest BCUT2D eigenvalue weighted by Gasteiger charge is -2.27. The van der Waals surface area contributed by atoms with Gasteiger partial charge in [-0.25, -0.2) is 8.42 Å². The van der Waals surface area contributed by atoms with Crippen LogP contribution in [0.15, 0.2) is 35.2 Å². The molecule has 0 aliphatic carbocycles. The Morgan fingerprint density at radius 1 is 1.12 bits per heavy atom. The molecule has 0 bridgehead atoms. The summed E-state index contributed by atoms with van der Waals surface area (Å²) in [4.78, 5) is 0.438. The van der Waals surface area contributed by atoms with Gasteiger partial charge in [0.05, 0.1) is 9.64 Å². The summed E-state index contributed by atoms with van der Waals surface area (Å²) in [5.74, 6) is 0. The Morgan fingerprint density at radius 2 is 1.69 bits per heavy atom. The normalized spacial score (nSPS) is 15.7. The number of benzene rings is 1. The molecule has 2 nitrogen and oxygen atoms in total. The lowest BCUT2D eigenvalue weighted by Crippen LogP contribution is -2.34. The highest BCUT2D eigenvalue weighted by Gasteiger charge is 2.37. The summed E-state index contributed by atoms with van der Waals surface area (Å²) in [5, 5.41) is 0. The monoisotopic (exact) mass is 240 g/mol. The molecule has 0 aliphatic heterocycles. The molecule has 0 aromatic heterocycles. The molecule has 1 atom stereocenters. The van der Waals surface area contributed by atoms with E-state index in [1.165, 1.54) is 0 Å². The van der Waals surface area contributed by atoms with E-state index < -0.39 is 14.6 Å². The first-order valence-corrected chi connectivity index (χ1v) is 7.26. The van der Waals surface area contributed by atoms with Crippen molar-refractivity contribution in [2.24, 2.45) is 0 Å². The first-order valence-electron chi connectivity index (χ1n) is 5.77. The third-order valence-electron chi connectivity index (χ3n) is 3.23. The van der Waals surface area contributed by atoms with E-state index in [2.05, 4.69) is 0 Å². The molecule has 0 aliphatic rings. The maximum Gasteiger partial charge on any atom is 0.183 e. The van der Waals surface area contributed by atoms with E-state index in [1.807, 2.05) is 26.8 Å². The van der Waals surface area contributed by atoms with Crippen LogP contribution in [0.2, 0.25) is 0 Å². The second kappa shape index (κ2) is 5.00. The third kappa shape index (κ3) is 2.29. The highest BCUT2D eigenvalue weighted by Crippen LogP contribution is 2.32. The molecule has 3 heteroatoms. The van der Waals surface area contributed by atoms with Crippen LogP contribution in [0.1, 0.15) is 40.0 Å². The van der Waals surface area contributed by atoms with Gasteiger partial charge in [-0.15, -0.1) is 0 Å². The molecule has 1 aromatic rings. The minimum Gasteiger partial charge on any atom is -0.223 e. The van der Waals surface area contributed by atoms with Gasteiger partial charge in [-0.2, -0.15) is 0 Å².